The van der Waals surface area contributed by atoms with E-state index in [-0.39, 0.29) is 0 Å². The van der Waals surface area contributed by atoms with Crippen LogP contribution in [0.2, 0.25) is 5.02 Å². The van der Waals surface area contributed by atoms with Crippen molar-refractivity contribution in [2.24, 2.45) is 0 Å². The molecule has 0 spiro atoms. The maximum Gasteiger partial charge on any atom is 0.118 e. The molecule has 0 saturated carbocycles. The van der Waals surface area contributed by atoms with Gasteiger partial charge in [-0.1, -0.05) is 41.9 Å². The van der Waals surface area contributed by atoms with Crippen molar-refractivity contribution in [1.29, 1.82) is 5.26 Å². The van der Waals surface area contributed by atoms with Crippen molar-refractivity contribution < 1.29 is 4.74 Å². The number of hydrogen-bond donors (Lipinski definition) is 0. The van der Waals surface area contributed by atoms with Gasteiger partial charge in [0.25, 0.3) is 0 Å². The Bertz CT molecular complexity index is 639. The molecule has 0 radical (unpaired) electrons. The summed E-state index contributed by atoms with van der Waals surface area (Å²) in [7, 11) is 1.62. The van der Waals surface area contributed by atoms with Crippen molar-refractivity contribution in [2.75, 3.05) is 7.11 Å². The van der Waals surface area contributed by atoms with Gasteiger partial charge in [0.1, 0.15) is 5.75 Å². The monoisotopic (exact) mass is 269 g/mol. The molecule has 94 valence electrons. The molecule has 0 heterocycles. The first-order valence-electron chi connectivity index (χ1n) is 5.75. The number of allylic oxidation sites excluding steroid dienone is 1. The summed E-state index contributed by atoms with van der Waals surface area (Å²) in [5, 5.41) is 9.84. The Kier molecular flexibility index (Phi) is 4.22. The van der Waals surface area contributed by atoms with Crippen LogP contribution in [-0.2, 0) is 0 Å². The zero-order valence-electron chi connectivity index (χ0n) is 10.4. The number of rotatable bonds is 3. The van der Waals surface area contributed by atoms with Crippen LogP contribution >= 0.6 is 11.6 Å². The van der Waals surface area contributed by atoms with Crippen LogP contribution < -0.4 is 4.74 Å². The number of benzene rings is 2. The van der Waals surface area contributed by atoms with Gasteiger partial charge in [-0.2, -0.15) is 5.26 Å². The van der Waals surface area contributed by atoms with Gasteiger partial charge >= 0.3 is 0 Å². The Morgan fingerprint density at radius 1 is 1.16 bits per heavy atom. The van der Waals surface area contributed by atoms with Crippen LogP contribution in [0.15, 0.2) is 48.5 Å². The summed E-state index contributed by atoms with van der Waals surface area (Å²) < 4.78 is 5.10. The van der Waals surface area contributed by atoms with Crippen molar-refractivity contribution in [3.63, 3.8) is 0 Å². The average molecular weight is 270 g/mol. The van der Waals surface area contributed by atoms with Crippen LogP contribution in [0.1, 0.15) is 11.1 Å². The van der Waals surface area contributed by atoms with Gasteiger partial charge in [0.15, 0.2) is 0 Å². The summed E-state index contributed by atoms with van der Waals surface area (Å²) in [4.78, 5) is 0. The minimum absolute atomic E-state index is 0.538. The topological polar surface area (TPSA) is 33.0 Å². The standard InChI is InChI=1S/C16H12ClNO/c1-19-14-8-6-12(7-9-14)10-13(11-18)15-4-2-3-5-16(15)17/h2-10H,1H3. The fourth-order valence-electron chi connectivity index (χ4n) is 1.72. The highest BCUT2D eigenvalue weighted by atomic mass is 35.5. The number of ether oxygens (including phenoxy) is 1. The molecule has 0 N–H and O–H groups in total. The largest absolute Gasteiger partial charge is 0.497 e. The zero-order chi connectivity index (χ0) is 13.7. The molecule has 0 fully saturated rings. The molecule has 0 unspecified atom stereocenters. The molecule has 0 aliphatic heterocycles. The van der Waals surface area contributed by atoms with E-state index < -0.39 is 0 Å². The van der Waals surface area contributed by atoms with Crippen molar-refractivity contribution in [2.45, 2.75) is 0 Å². The SMILES string of the molecule is COc1ccc(C=C(C#N)c2ccccc2Cl)cc1. The minimum Gasteiger partial charge on any atom is -0.497 e. The molecular weight excluding hydrogens is 258 g/mol. The lowest BCUT2D eigenvalue weighted by Gasteiger charge is -2.03. The Morgan fingerprint density at radius 3 is 2.42 bits per heavy atom. The number of nitriles is 1. The highest BCUT2D eigenvalue weighted by molar-refractivity contribution is 6.32. The van der Waals surface area contributed by atoms with E-state index in [0.717, 1.165) is 16.9 Å². The quantitative estimate of drug-likeness (QED) is 0.611. The van der Waals surface area contributed by atoms with E-state index in [1.807, 2.05) is 42.5 Å². The number of halogens is 1. The maximum absolute atomic E-state index is 9.26. The first kappa shape index (κ1) is 13.2. The fraction of sp³-hybridized carbons (Fsp3) is 0.0625. The zero-order valence-corrected chi connectivity index (χ0v) is 11.2. The number of hydrogen-bond acceptors (Lipinski definition) is 2. The first-order chi connectivity index (χ1) is 9.24. The summed E-state index contributed by atoms with van der Waals surface area (Å²) >= 11 is 6.10. The Balaban J connectivity index is 2.39. The van der Waals surface area contributed by atoms with Gasteiger partial charge < -0.3 is 4.74 Å². The van der Waals surface area contributed by atoms with Gasteiger partial charge in [0, 0.05) is 10.6 Å². The van der Waals surface area contributed by atoms with Crippen LogP contribution in [0, 0.1) is 11.3 Å². The lowest BCUT2D eigenvalue weighted by Crippen LogP contribution is -1.85. The minimum atomic E-state index is 0.538. The lowest BCUT2D eigenvalue weighted by atomic mass is 10.0. The van der Waals surface area contributed by atoms with E-state index >= 15 is 0 Å². The van der Waals surface area contributed by atoms with Gasteiger partial charge in [-0.25, -0.2) is 0 Å². The summed E-state index contributed by atoms with van der Waals surface area (Å²) in [6.45, 7) is 0. The predicted molar refractivity (Wildman–Crippen MR) is 77.9 cm³/mol. The second-order valence-corrected chi connectivity index (χ2v) is 4.33. The molecule has 2 aromatic rings. The van der Waals surface area contributed by atoms with Crippen LogP contribution in [0.3, 0.4) is 0 Å². The van der Waals surface area contributed by atoms with E-state index in [2.05, 4.69) is 6.07 Å². The van der Waals surface area contributed by atoms with Gasteiger partial charge in [-0.15, -0.1) is 0 Å². The van der Waals surface area contributed by atoms with Crippen LogP contribution in [0.25, 0.3) is 11.6 Å². The van der Waals surface area contributed by atoms with E-state index in [1.165, 1.54) is 0 Å². The number of nitrogens with zero attached hydrogens (tertiary/aromatic N) is 1. The normalized spacial score (nSPS) is 10.9. The van der Waals surface area contributed by atoms with E-state index in [9.17, 15) is 5.26 Å². The molecular formula is C16H12ClNO. The summed E-state index contributed by atoms with van der Waals surface area (Å²) in [5.41, 5.74) is 2.20. The molecule has 2 rings (SSSR count). The number of methoxy groups -OCH3 is 1. The highest BCUT2D eigenvalue weighted by Crippen LogP contribution is 2.25. The predicted octanol–water partition coefficient (Wildman–Crippen LogP) is 4.41. The van der Waals surface area contributed by atoms with Crippen molar-refractivity contribution >= 4 is 23.3 Å². The van der Waals surface area contributed by atoms with Crippen LogP contribution in [0.5, 0.6) is 5.75 Å². The first-order valence-corrected chi connectivity index (χ1v) is 6.13. The smallest absolute Gasteiger partial charge is 0.118 e. The molecule has 0 aliphatic rings. The maximum atomic E-state index is 9.26. The molecule has 0 amide bonds. The van der Waals surface area contributed by atoms with Crippen molar-refractivity contribution in [3.8, 4) is 11.8 Å². The summed E-state index contributed by atoms with van der Waals surface area (Å²) in [6, 6.07) is 17.0. The fourth-order valence-corrected chi connectivity index (χ4v) is 1.95. The highest BCUT2D eigenvalue weighted by Gasteiger charge is 2.05. The van der Waals surface area contributed by atoms with E-state index in [0.29, 0.717) is 10.6 Å². The third-order valence-corrected chi connectivity index (χ3v) is 3.04. The second kappa shape index (κ2) is 6.08. The Labute approximate surface area is 117 Å². The van der Waals surface area contributed by atoms with Crippen molar-refractivity contribution in [1.82, 2.24) is 0 Å². The van der Waals surface area contributed by atoms with Gasteiger partial charge in [0.2, 0.25) is 0 Å². The molecule has 0 saturated heterocycles. The van der Waals surface area contributed by atoms with Crippen molar-refractivity contribution in [3.05, 3.63) is 64.7 Å². The third kappa shape index (κ3) is 3.15. The molecule has 0 aliphatic carbocycles. The molecule has 0 atom stereocenters. The van der Waals surface area contributed by atoms with Crippen LogP contribution in [-0.4, -0.2) is 7.11 Å². The molecule has 3 heteroatoms. The summed E-state index contributed by atoms with van der Waals surface area (Å²) in [5.74, 6) is 0.786. The summed E-state index contributed by atoms with van der Waals surface area (Å²) in [6.07, 6.45) is 1.81. The molecule has 2 aromatic carbocycles. The van der Waals surface area contributed by atoms with Gasteiger partial charge in [0.05, 0.1) is 18.8 Å². The molecule has 0 aromatic heterocycles. The van der Waals surface area contributed by atoms with Crippen LogP contribution in [0.4, 0.5) is 0 Å². The van der Waals surface area contributed by atoms with Gasteiger partial charge in [-0.3, -0.25) is 0 Å². The molecule has 2 nitrogen and oxygen atoms in total. The van der Waals surface area contributed by atoms with E-state index in [1.54, 1.807) is 19.3 Å². The Hall–Kier alpha value is -2.24. The Morgan fingerprint density at radius 2 is 1.84 bits per heavy atom. The average Bonchev–Trinajstić information content (AvgIpc) is 2.46. The third-order valence-electron chi connectivity index (χ3n) is 2.71. The second-order valence-electron chi connectivity index (χ2n) is 3.92. The molecule has 0 bridgehead atoms. The lowest BCUT2D eigenvalue weighted by molar-refractivity contribution is 0.415. The molecule has 19 heavy (non-hydrogen) atoms. The van der Waals surface area contributed by atoms with Gasteiger partial charge in [-0.05, 0) is 29.8 Å². The van der Waals surface area contributed by atoms with E-state index in [4.69, 9.17) is 16.3 Å².